The molecule has 0 aliphatic heterocycles. The summed E-state index contributed by atoms with van der Waals surface area (Å²) in [5.41, 5.74) is 0. The van der Waals surface area contributed by atoms with E-state index in [9.17, 15) is 5.11 Å². The molecule has 3 unspecified atom stereocenters. The predicted molar refractivity (Wildman–Crippen MR) is 66.5 cm³/mol. The lowest BCUT2D eigenvalue weighted by Gasteiger charge is -2.17. The van der Waals surface area contributed by atoms with Crippen LogP contribution in [0, 0.1) is 11.8 Å². The van der Waals surface area contributed by atoms with Gasteiger partial charge in [-0.05, 0) is 31.1 Å². The van der Waals surface area contributed by atoms with Gasteiger partial charge in [0.1, 0.15) is 0 Å². The van der Waals surface area contributed by atoms with Crippen LogP contribution in [0.5, 0.6) is 0 Å². The molecule has 1 aliphatic rings. The molecule has 0 saturated heterocycles. The average Bonchev–Trinajstić information content (AvgIpc) is 2.61. The predicted octanol–water partition coefficient (Wildman–Crippen LogP) is 1.80. The molecule has 3 atom stereocenters. The van der Waals surface area contributed by atoms with Gasteiger partial charge >= 0.3 is 0 Å². The molecule has 0 bridgehead atoms. The van der Waals surface area contributed by atoms with E-state index >= 15 is 0 Å². The summed E-state index contributed by atoms with van der Waals surface area (Å²) < 4.78 is 5.40. The number of aliphatic hydroxyl groups excluding tert-OH is 1. The highest BCUT2D eigenvalue weighted by molar-refractivity contribution is 4.79. The second-order valence-electron chi connectivity index (χ2n) is 5.61. The van der Waals surface area contributed by atoms with Crippen LogP contribution in [0.1, 0.15) is 40.0 Å². The molecule has 1 rings (SSSR count). The van der Waals surface area contributed by atoms with Gasteiger partial charge in [-0.15, -0.1) is 0 Å². The van der Waals surface area contributed by atoms with E-state index < -0.39 is 0 Å². The van der Waals surface area contributed by atoms with Crippen molar-refractivity contribution in [2.75, 3.05) is 19.8 Å². The van der Waals surface area contributed by atoms with E-state index in [4.69, 9.17) is 4.74 Å². The third kappa shape index (κ3) is 5.83. The summed E-state index contributed by atoms with van der Waals surface area (Å²) in [6.45, 7) is 8.37. The van der Waals surface area contributed by atoms with Crippen molar-refractivity contribution >= 4 is 0 Å². The quantitative estimate of drug-likeness (QED) is 0.699. The summed E-state index contributed by atoms with van der Waals surface area (Å²) in [6.07, 6.45) is 3.45. The van der Waals surface area contributed by atoms with E-state index in [1.54, 1.807) is 0 Å². The second kappa shape index (κ2) is 7.25. The summed E-state index contributed by atoms with van der Waals surface area (Å²) in [7, 11) is 0. The van der Waals surface area contributed by atoms with Gasteiger partial charge in [0, 0.05) is 19.2 Å². The maximum absolute atomic E-state index is 9.70. The minimum Gasteiger partial charge on any atom is -0.389 e. The third-order valence-electron chi connectivity index (χ3n) is 3.10. The lowest BCUT2D eigenvalue weighted by molar-refractivity contribution is 0.0250. The van der Waals surface area contributed by atoms with Crippen molar-refractivity contribution in [3.8, 4) is 0 Å². The maximum Gasteiger partial charge on any atom is 0.0897 e. The lowest BCUT2D eigenvalue weighted by Crippen LogP contribution is -2.36. The van der Waals surface area contributed by atoms with E-state index in [1.807, 2.05) is 0 Å². The highest BCUT2D eigenvalue weighted by Gasteiger charge is 2.21. The number of ether oxygens (including phenoxy) is 1. The number of aliphatic hydroxyl groups is 1. The van der Waals surface area contributed by atoms with E-state index in [0.717, 1.165) is 12.5 Å². The van der Waals surface area contributed by atoms with Crippen molar-refractivity contribution in [1.29, 1.82) is 0 Å². The van der Waals surface area contributed by atoms with E-state index in [2.05, 4.69) is 26.1 Å². The fraction of sp³-hybridized carbons (Fsp3) is 1.00. The SMILES string of the molecule is CC(C)COCC(O)CNC1CCC(C)C1. The zero-order valence-corrected chi connectivity index (χ0v) is 10.9. The summed E-state index contributed by atoms with van der Waals surface area (Å²) >= 11 is 0. The second-order valence-corrected chi connectivity index (χ2v) is 5.61. The molecular weight excluding hydrogens is 202 g/mol. The molecule has 0 amide bonds. The van der Waals surface area contributed by atoms with Crippen molar-refractivity contribution < 1.29 is 9.84 Å². The van der Waals surface area contributed by atoms with Crippen LogP contribution in [-0.4, -0.2) is 37.0 Å². The van der Waals surface area contributed by atoms with Crippen LogP contribution in [0.3, 0.4) is 0 Å². The van der Waals surface area contributed by atoms with Crippen LogP contribution in [0.2, 0.25) is 0 Å². The number of hydrogen-bond acceptors (Lipinski definition) is 3. The van der Waals surface area contributed by atoms with Gasteiger partial charge in [0.05, 0.1) is 12.7 Å². The van der Waals surface area contributed by atoms with Crippen molar-refractivity contribution in [2.45, 2.75) is 52.2 Å². The topological polar surface area (TPSA) is 41.5 Å². The highest BCUT2D eigenvalue weighted by atomic mass is 16.5. The molecule has 0 aromatic carbocycles. The Morgan fingerprint density at radius 2 is 2.06 bits per heavy atom. The Morgan fingerprint density at radius 3 is 2.62 bits per heavy atom. The van der Waals surface area contributed by atoms with Gasteiger partial charge in [-0.1, -0.05) is 20.8 Å². The first-order valence-corrected chi connectivity index (χ1v) is 6.57. The van der Waals surface area contributed by atoms with Crippen LogP contribution in [0.15, 0.2) is 0 Å². The molecule has 0 spiro atoms. The summed E-state index contributed by atoms with van der Waals surface area (Å²) in [5, 5.41) is 13.1. The molecule has 1 fully saturated rings. The maximum atomic E-state index is 9.70. The van der Waals surface area contributed by atoms with Gasteiger partial charge in [0.25, 0.3) is 0 Å². The van der Waals surface area contributed by atoms with Crippen LogP contribution < -0.4 is 5.32 Å². The van der Waals surface area contributed by atoms with Crippen molar-refractivity contribution in [2.24, 2.45) is 11.8 Å². The molecule has 0 aromatic heterocycles. The largest absolute Gasteiger partial charge is 0.389 e. The molecule has 0 heterocycles. The number of rotatable bonds is 7. The van der Waals surface area contributed by atoms with Crippen LogP contribution in [-0.2, 0) is 4.74 Å². The minimum atomic E-state index is -0.366. The fourth-order valence-electron chi connectivity index (χ4n) is 2.19. The molecule has 3 heteroatoms. The molecule has 3 nitrogen and oxygen atoms in total. The van der Waals surface area contributed by atoms with Crippen LogP contribution >= 0.6 is 0 Å². The number of nitrogens with one attached hydrogen (secondary N) is 1. The Kier molecular flexibility index (Phi) is 6.32. The van der Waals surface area contributed by atoms with Crippen molar-refractivity contribution in [3.63, 3.8) is 0 Å². The molecule has 0 aromatic rings. The summed E-state index contributed by atoms with van der Waals surface area (Å²) in [4.78, 5) is 0. The molecular formula is C13H27NO2. The van der Waals surface area contributed by atoms with Gasteiger partial charge in [0.2, 0.25) is 0 Å². The summed E-state index contributed by atoms with van der Waals surface area (Å²) in [5.74, 6) is 1.38. The molecule has 96 valence electrons. The Hall–Kier alpha value is -0.120. The zero-order chi connectivity index (χ0) is 12.0. The molecule has 1 saturated carbocycles. The lowest BCUT2D eigenvalue weighted by atomic mass is 10.1. The van der Waals surface area contributed by atoms with Crippen LogP contribution in [0.4, 0.5) is 0 Å². The normalized spacial score (nSPS) is 27.6. The summed E-state index contributed by atoms with van der Waals surface area (Å²) in [6, 6.07) is 0.606. The zero-order valence-electron chi connectivity index (χ0n) is 10.9. The molecule has 1 aliphatic carbocycles. The first-order valence-electron chi connectivity index (χ1n) is 6.57. The van der Waals surface area contributed by atoms with Gasteiger partial charge in [-0.2, -0.15) is 0 Å². The van der Waals surface area contributed by atoms with E-state index in [1.165, 1.54) is 19.3 Å². The third-order valence-corrected chi connectivity index (χ3v) is 3.10. The van der Waals surface area contributed by atoms with Crippen molar-refractivity contribution in [1.82, 2.24) is 5.32 Å². The van der Waals surface area contributed by atoms with Gasteiger partial charge in [-0.3, -0.25) is 0 Å². The van der Waals surface area contributed by atoms with Gasteiger partial charge in [-0.25, -0.2) is 0 Å². The Labute approximate surface area is 99.6 Å². The van der Waals surface area contributed by atoms with Gasteiger partial charge in [0.15, 0.2) is 0 Å². The Morgan fingerprint density at radius 1 is 1.31 bits per heavy atom. The first kappa shape index (κ1) is 13.9. The molecule has 0 radical (unpaired) electrons. The van der Waals surface area contributed by atoms with Crippen molar-refractivity contribution in [3.05, 3.63) is 0 Å². The monoisotopic (exact) mass is 229 g/mol. The first-order chi connectivity index (χ1) is 7.58. The fourth-order valence-corrected chi connectivity index (χ4v) is 2.19. The van der Waals surface area contributed by atoms with E-state index in [-0.39, 0.29) is 6.10 Å². The Balaban J connectivity index is 1.99. The smallest absolute Gasteiger partial charge is 0.0897 e. The molecule has 2 N–H and O–H groups in total. The van der Waals surface area contributed by atoms with Gasteiger partial charge < -0.3 is 15.2 Å². The highest BCUT2D eigenvalue weighted by Crippen LogP contribution is 2.24. The average molecular weight is 229 g/mol. The van der Waals surface area contributed by atoms with Crippen LogP contribution in [0.25, 0.3) is 0 Å². The minimum absolute atomic E-state index is 0.366. The Bertz CT molecular complexity index is 185. The standard InChI is InChI=1S/C13H27NO2/c1-10(2)8-16-9-13(15)7-14-12-5-4-11(3)6-12/h10-15H,4-9H2,1-3H3. The number of hydrogen-bond donors (Lipinski definition) is 2. The molecule has 16 heavy (non-hydrogen) atoms. The van der Waals surface area contributed by atoms with E-state index in [0.29, 0.717) is 25.1 Å².